The number of aliphatic carboxylic acids is 1. The van der Waals surface area contributed by atoms with E-state index in [0.29, 0.717) is 24.0 Å². The zero-order valence-corrected chi connectivity index (χ0v) is 18.4. The first-order valence-electron chi connectivity index (χ1n) is 10.7. The van der Waals surface area contributed by atoms with E-state index in [0.717, 1.165) is 17.1 Å². The van der Waals surface area contributed by atoms with Gasteiger partial charge in [-0.1, -0.05) is 12.1 Å². The zero-order chi connectivity index (χ0) is 25.7. The van der Waals surface area contributed by atoms with Crippen molar-refractivity contribution in [2.24, 2.45) is 0 Å². The second-order valence-corrected chi connectivity index (χ2v) is 8.00. The Hall–Kier alpha value is -3.36. The van der Waals surface area contributed by atoms with Crippen LogP contribution < -0.4 is 10.1 Å². The van der Waals surface area contributed by atoms with Gasteiger partial charge < -0.3 is 40.3 Å². The molecule has 13 heteroatoms. The van der Waals surface area contributed by atoms with Crippen LogP contribution in [0.1, 0.15) is 17.5 Å². The van der Waals surface area contributed by atoms with Gasteiger partial charge in [0.25, 0.3) is 11.8 Å². The number of carbonyl (C=O) groups excluding carboxylic acids is 3. The van der Waals surface area contributed by atoms with E-state index in [1.807, 2.05) is 0 Å². The van der Waals surface area contributed by atoms with Crippen LogP contribution in [0.5, 0.6) is 5.75 Å². The van der Waals surface area contributed by atoms with Crippen LogP contribution in [0.4, 0.5) is 0 Å². The number of carbonyl (C=O) groups is 4. The van der Waals surface area contributed by atoms with Crippen molar-refractivity contribution in [3.05, 3.63) is 41.5 Å². The molecule has 2 aliphatic heterocycles. The summed E-state index contributed by atoms with van der Waals surface area (Å²) in [4.78, 5) is 47.0. The minimum absolute atomic E-state index is 0.0735. The van der Waals surface area contributed by atoms with Crippen LogP contribution in [0.25, 0.3) is 0 Å². The van der Waals surface area contributed by atoms with Gasteiger partial charge in [-0.15, -0.1) is 0 Å². The van der Waals surface area contributed by atoms with E-state index in [4.69, 9.17) is 14.6 Å². The van der Waals surface area contributed by atoms with Crippen LogP contribution in [-0.2, 0) is 36.9 Å². The van der Waals surface area contributed by atoms with E-state index in [1.54, 1.807) is 12.1 Å². The molecule has 0 aromatic heterocycles. The van der Waals surface area contributed by atoms with E-state index < -0.39 is 61.0 Å². The van der Waals surface area contributed by atoms with E-state index >= 15 is 0 Å². The Morgan fingerprint density at radius 1 is 1.06 bits per heavy atom. The Labute approximate surface area is 199 Å². The number of amides is 3. The van der Waals surface area contributed by atoms with Gasteiger partial charge in [-0.3, -0.25) is 19.3 Å². The van der Waals surface area contributed by atoms with Gasteiger partial charge in [0, 0.05) is 24.3 Å². The smallest absolute Gasteiger partial charge is 0.335 e. The van der Waals surface area contributed by atoms with Gasteiger partial charge in [-0.2, -0.15) is 0 Å². The molecule has 1 saturated heterocycles. The van der Waals surface area contributed by atoms with Crippen molar-refractivity contribution in [3.63, 3.8) is 0 Å². The Bertz CT molecular complexity index is 993. The van der Waals surface area contributed by atoms with E-state index in [2.05, 4.69) is 5.32 Å². The Balaban J connectivity index is 1.56. The van der Waals surface area contributed by atoms with Crippen molar-refractivity contribution < 1.29 is 54.2 Å². The first-order valence-corrected chi connectivity index (χ1v) is 10.7. The lowest BCUT2D eigenvalue weighted by molar-refractivity contribution is -0.271. The number of carboxylic acids is 1. The van der Waals surface area contributed by atoms with Gasteiger partial charge in [0.05, 0.1) is 6.61 Å². The van der Waals surface area contributed by atoms with Gasteiger partial charge >= 0.3 is 5.97 Å². The molecule has 0 radical (unpaired) electrons. The number of benzene rings is 1. The number of aliphatic hydroxyl groups is 4. The number of hydrogen-bond acceptors (Lipinski definition) is 10. The fraction of sp³-hybridized carbons (Fsp3) is 0.455. The number of nitrogens with zero attached hydrogens (tertiary/aromatic N) is 1. The summed E-state index contributed by atoms with van der Waals surface area (Å²) in [5, 5.41) is 51.3. The summed E-state index contributed by atoms with van der Waals surface area (Å²) in [5.41, 5.74) is 1.01. The number of imide groups is 1. The minimum atomic E-state index is -1.86. The summed E-state index contributed by atoms with van der Waals surface area (Å²) in [6, 6.07) is 4.78. The third kappa shape index (κ3) is 6.21. The second kappa shape index (κ2) is 11.4. The van der Waals surface area contributed by atoms with Crippen LogP contribution in [0.15, 0.2) is 30.4 Å². The highest BCUT2D eigenvalue weighted by Crippen LogP contribution is 2.28. The average molecular weight is 494 g/mol. The van der Waals surface area contributed by atoms with Crippen LogP contribution in [0.2, 0.25) is 0 Å². The highest BCUT2D eigenvalue weighted by molar-refractivity contribution is 6.14. The number of aryl methyl sites for hydroxylation is 1. The van der Waals surface area contributed by atoms with E-state index in [9.17, 15) is 39.6 Å². The Kier molecular flexibility index (Phi) is 8.53. The first-order chi connectivity index (χ1) is 16.6. The standard InChI is InChI=1S/C22H26N2O11/c25-10-12-4-3-11(2-1-7-23-14(26)9-24-15(27)5-6-16(24)28)8-13(12)34-22-19(31)17(29)18(30)20(35-22)21(32)33/h3-6,8,17-20,22,25,29-31H,1-2,7,9-10H2,(H,23,26)(H,32,33)/t17-,18-,19+,20-,22+/m0/s1. The van der Waals surface area contributed by atoms with Crippen LogP contribution >= 0.6 is 0 Å². The third-order valence-electron chi connectivity index (χ3n) is 5.52. The molecule has 35 heavy (non-hydrogen) atoms. The van der Waals surface area contributed by atoms with Gasteiger partial charge in [0.1, 0.15) is 30.6 Å². The van der Waals surface area contributed by atoms with Crippen molar-refractivity contribution in [1.82, 2.24) is 10.2 Å². The molecule has 13 nitrogen and oxygen atoms in total. The maximum Gasteiger partial charge on any atom is 0.335 e. The molecule has 3 amide bonds. The molecule has 190 valence electrons. The molecule has 1 aromatic rings. The lowest BCUT2D eigenvalue weighted by Gasteiger charge is -2.38. The number of ether oxygens (including phenoxy) is 2. The first kappa shape index (κ1) is 26.2. The molecule has 1 fully saturated rings. The maximum atomic E-state index is 12.0. The molecular weight excluding hydrogens is 468 g/mol. The van der Waals surface area contributed by atoms with Crippen LogP contribution in [0.3, 0.4) is 0 Å². The van der Waals surface area contributed by atoms with Gasteiger partial charge in [-0.05, 0) is 24.5 Å². The molecule has 6 N–H and O–H groups in total. The molecule has 0 saturated carbocycles. The van der Waals surface area contributed by atoms with Crippen molar-refractivity contribution in [2.75, 3.05) is 13.1 Å². The zero-order valence-electron chi connectivity index (χ0n) is 18.4. The molecule has 2 aliphatic rings. The Morgan fingerprint density at radius 2 is 1.74 bits per heavy atom. The fourth-order valence-corrected chi connectivity index (χ4v) is 3.58. The summed E-state index contributed by atoms with van der Waals surface area (Å²) >= 11 is 0. The molecule has 0 bridgehead atoms. The van der Waals surface area contributed by atoms with Crippen LogP contribution in [-0.4, -0.2) is 97.9 Å². The molecule has 0 spiro atoms. The SMILES string of the molecule is O=C(CN1C(=O)C=CC1=O)NCCCc1ccc(CO)c(O[C@@H]2O[C@H](C(=O)O)[C@@H](O)[C@H](O)[C@H]2O)c1. The highest BCUT2D eigenvalue weighted by Gasteiger charge is 2.48. The molecule has 0 unspecified atom stereocenters. The summed E-state index contributed by atoms with van der Waals surface area (Å²) in [7, 11) is 0. The molecule has 5 atom stereocenters. The fourth-order valence-electron chi connectivity index (χ4n) is 3.58. The summed E-state index contributed by atoms with van der Waals surface area (Å²) in [6.45, 7) is -0.574. The Morgan fingerprint density at radius 3 is 2.37 bits per heavy atom. The number of nitrogens with one attached hydrogen (secondary N) is 1. The topological polar surface area (TPSA) is 203 Å². The van der Waals surface area contributed by atoms with Crippen molar-refractivity contribution >= 4 is 23.7 Å². The van der Waals surface area contributed by atoms with Crippen molar-refractivity contribution in [3.8, 4) is 5.75 Å². The lowest BCUT2D eigenvalue weighted by atomic mass is 9.99. The maximum absolute atomic E-state index is 12.0. The predicted molar refractivity (Wildman–Crippen MR) is 115 cm³/mol. The van der Waals surface area contributed by atoms with Crippen LogP contribution in [0, 0.1) is 0 Å². The largest absolute Gasteiger partial charge is 0.479 e. The molecule has 2 heterocycles. The number of aliphatic hydroxyl groups excluding tert-OH is 4. The quantitative estimate of drug-likeness (QED) is 0.147. The van der Waals surface area contributed by atoms with Gasteiger partial charge in [0.15, 0.2) is 6.10 Å². The van der Waals surface area contributed by atoms with E-state index in [1.165, 1.54) is 6.07 Å². The second-order valence-electron chi connectivity index (χ2n) is 8.00. The normalized spacial score (nSPS) is 26.2. The lowest BCUT2D eigenvalue weighted by Crippen LogP contribution is -2.61. The monoisotopic (exact) mass is 494 g/mol. The van der Waals surface area contributed by atoms with E-state index in [-0.39, 0.29) is 18.8 Å². The van der Waals surface area contributed by atoms with Crippen molar-refractivity contribution in [1.29, 1.82) is 0 Å². The van der Waals surface area contributed by atoms with Crippen molar-refractivity contribution in [2.45, 2.75) is 50.2 Å². The average Bonchev–Trinajstić information content (AvgIpc) is 3.14. The van der Waals surface area contributed by atoms with Gasteiger partial charge in [0.2, 0.25) is 12.2 Å². The summed E-state index contributed by atoms with van der Waals surface area (Å²) in [6.07, 6.45) is -5.81. The number of carboxylic acid groups (broad SMARTS) is 1. The molecule has 3 rings (SSSR count). The number of rotatable bonds is 10. The summed E-state index contributed by atoms with van der Waals surface area (Å²) in [5.74, 6) is -3.07. The highest BCUT2D eigenvalue weighted by atomic mass is 16.7. The molecule has 0 aliphatic carbocycles. The molecular formula is C22H26N2O11. The number of hydrogen-bond donors (Lipinski definition) is 6. The minimum Gasteiger partial charge on any atom is -0.479 e. The van der Waals surface area contributed by atoms with Gasteiger partial charge in [-0.25, -0.2) is 4.79 Å². The third-order valence-corrected chi connectivity index (χ3v) is 5.52. The summed E-state index contributed by atoms with van der Waals surface area (Å²) < 4.78 is 10.7. The predicted octanol–water partition coefficient (Wildman–Crippen LogP) is -2.58. The molecule has 1 aromatic carbocycles.